The van der Waals surface area contributed by atoms with Crippen molar-refractivity contribution < 1.29 is 4.79 Å². The second-order valence-electron chi connectivity index (χ2n) is 4.19. The molecule has 2 unspecified atom stereocenters. The van der Waals surface area contributed by atoms with Gasteiger partial charge in [0.15, 0.2) is 0 Å². The van der Waals surface area contributed by atoms with Crippen LogP contribution in [0.1, 0.15) is 33.6 Å². The van der Waals surface area contributed by atoms with E-state index in [4.69, 9.17) is 0 Å². The van der Waals surface area contributed by atoms with Crippen LogP contribution >= 0.6 is 0 Å². The predicted octanol–water partition coefficient (Wildman–Crippen LogP) is 2.81. The molecule has 0 fully saturated rings. The van der Waals surface area contributed by atoms with Gasteiger partial charge in [0.1, 0.15) is 6.29 Å². The summed E-state index contributed by atoms with van der Waals surface area (Å²) < 4.78 is 0. The summed E-state index contributed by atoms with van der Waals surface area (Å²) in [5, 5.41) is 0. The van der Waals surface area contributed by atoms with Gasteiger partial charge in [0, 0.05) is 0 Å². The molecule has 1 heteroatoms. The molecule has 1 rings (SSSR count). The molecular formula is C11H18O. The molecule has 0 aromatic rings. The van der Waals surface area contributed by atoms with E-state index in [1.54, 1.807) is 0 Å². The highest BCUT2D eigenvalue weighted by atomic mass is 16.1. The van der Waals surface area contributed by atoms with Crippen LogP contribution in [0, 0.1) is 17.8 Å². The van der Waals surface area contributed by atoms with E-state index in [0.717, 1.165) is 11.9 Å². The Morgan fingerprint density at radius 1 is 1.50 bits per heavy atom. The van der Waals surface area contributed by atoms with E-state index in [1.165, 1.54) is 12.8 Å². The van der Waals surface area contributed by atoms with Crippen molar-refractivity contribution in [1.29, 1.82) is 0 Å². The van der Waals surface area contributed by atoms with Crippen LogP contribution in [-0.4, -0.2) is 6.29 Å². The molecule has 0 aliphatic heterocycles. The maximum atomic E-state index is 10.8. The lowest BCUT2D eigenvalue weighted by molar-refractivity contribution is -0.105. The van der Waals surface area contributed by atoms with Gasteiger partial charge >= 0.3 is 0 Å². The minimum atomic E-state index is 0.513. The van der Waals surface area contributed by atoms with Crippen LogP contribution in [0.5, 0.6) is 0 Å². The van der Waals surface area contributed by atoms with E-state index in [2.05, 4.69) is 26.8 Å². The van der Waals surface area contributed by atoms with Gasteiger partial charge in [0.25, 0.3) is 0 Å². The molecule has 0 spiro atoms. The standard InChI is InChI=1S/C11H18O/c1-8(2)11-5-4-9(3)6-10(11)7-12/h6-9,11H,4-5H2,1-3H3. The summed E-state index contributed by atoms with van der Waals surface area (Å²) in [6.45, 7) is 6.57. The summed E-state index contributed by atoms with van der Waals surface area (Å²) in [5.74, 6) is 1.72. The van der Waals surface area contributed by atoms with Crippen LogP contribution in [0.4, 0.5) is 0 Å². The van der Waals surface area contributed by atoms with Crippen LogP contribution in [0.25, 0.3) is 0 Å². The fourth-order valence-electron chi connectivity index (χ4n) is 1.99. The Morgan fingerprint density at radius 3 is 2.67 bits per heavy atom. The van der Waals surface area contributed by atoms with E-state index >= 15 is 0 Å². The Morgan fingerprint density at radius 2 is 2.17 bits per heavy atom. The van der Waals surface area contributed by atoms with Gasteiger partial charge in [0.05, 0.1) is 0 Å². The topological polar surface area (TPSA) is 17.1 Å². The van der Waals surface area contributed by atoms with Crippen molar-refractivity contribution in [2.45, 2.75) is 33.6 Å². The maximum absolute atomic E-state index is 10.8. The van der Waals surface area contributed by atoms with Crippen molar-refractivity contribution in [2.24, 2.45) is 17.8 Å². The lowest BCUT2D eigenvalue weighted by atomic mass is 9.78. The van der Waals surface area contributed by atoms with Crippen molar-refractivity contribution in [2.75, 3.05) is 0 Å². The van der Waals surface area contributed by atoms with Crippen LogP contribution < -0.4 is 0 Å². The smallest absolute Gasteiger partial charge is 0.146 e. The number of allylic oxidation sites excluding steroid dienone is 2. The highest BCUT2D eigenvalue weighted by Crippen LogP contribution is 2.31. The van der Waals surface area contributed by atoms with E-state index in [1.807, 2.05) is 0 Å². The molecule has 0 heterocycles. The van der Waals surface area contributed by atoms with Gasteiger partial charge in [-0.15, -0.1) is 0 Å². The SMILES string of the molecule is CC1C=C(C=O)C(C(C)C)CC1. The number of hydrogen-bond donors (Lipinski definition) is 0. The summed E-state index contributed by atoms with van der Waals surface area (Å²) in [6.07, 6.45) is 5.60. The number of aldehydes is 1. The minimum Gasteiger partial charge on any atom is -0.298 e. The molecule has 0 amide bonds. The highest BCUT2D eigenvalue weighted by Gasteiger charge is 2.22. The second kappa shape index (κ2) is 3.88. The molecule has 0 N–H and O–H groups in total. The molecule has 0 saturated carbocycles. The fourth-order valence-corrected chi connectivity index (χ4v) is 1.99. The van der Waals surface area contributed by atoms with Crippen LogP contribution in [0.2, 0.25) is 0 Å². The van der Waals surface area contributed by atoms with Crippen molar-refractivity contribution >= 4 is 6.29 Å². The zero-order chi connectivity index (χ0) is 9.14. The highest BCUT2D eigenvalue weighted by molar-refractivity contribution is 5.74. The molecule has 1 aliphatic carbocycles. The third-order valence-corrected chi connectivity index (χ3v) is 2.78. The van der Waals surface area contributed by atoms with Gasteiger partial charge in [-0.25, -0.2) is 0 Å². The zero-order valence-corrected chi connectivity index (χ0v) is 8.21. The average molecular weight is 166 g/mol. The molecule has 2 atom stereocenters. The quantitative estimate of drug-likeness (QED) is 0.576. The molecule has 0 saturated heterocycles. The predicted molar refractivity (Wildman–Crippen MR) is 50.9 cm³/mol. The molecule has 0 aromatic carbocycles. The molecule has 12 heavy (non-hydrogen) atoms. The normalized spacial score (nSPS) is 30.2. The molecular weight excluding hydrogens is 148 g/mol. The monoisotopic (exact) mass is 166 g/mol. The Balaban J connectivity index is 2.77. The van der Waals surface area contributed by atoms with Crippen molar-refractivity contribution in [3.05, 3.63) is 11.6 Å². The van der Waals surface area contributed by atoms with Gasteiger partial charge in [-0.05, 0) is 36.2 Å². The number of carbonyl (C=O) groups is 1. The zero-order valence-electron chi connectivity index (χ0n) is 8.21. The van der Waals surface area contributed by atoms with Gasteiger partial charge < -0.3 is 0 Å². The van der Waals surface area contributed by atoms with Crippen molar-refractivity contribution in [3.63, 3.8) is 0 Å². The van der Waals surface area contributed by atoms with Crippen LogP contribution in [-0.2, 0) is 4.79 Å². The third kappa shape index (κ3) is 1.96. The fraction of sp³-hybridized carbons (Fsp3) is 0.727. The molecule has 0 radical (unpaired) electrons. The van der Waals surface area contributed by atoms with Crippen molar-refractivity contribution in [3.8, 4) is 0 Å². The lowest BCUT2D eigenvalue weighted by Gasteiger charge is -2.27. The summed E-state index contributed by atoms with van der Waals surface area (Å²) in [6, 6.07) is 0. The van der Waals surface area contributed by atoms with E-state index in [0.29, 0.717) is 17.8 Å². The first-order valence-electron chi connectivity index (χ1n) is 4.82. The molecule has 68 valence electrons. The van der Waals surface area contributed by atoms with Gasteiger partial charge in [-0.2, -0.15) is 0 Å². The first-order chi connectivity index (χ1) is 5.65. The average Bonchev–Trinajstić information content (AvgIpc) is 2.03. The second-order valence-corrected chi connectivity index (χ2v) is 4.19. The van der Waals surface area contributed by atoms with Gasteiger partial charge in [-0.3, -0.25) is 4.79 Å². The largest absolute Gasteiger partial charge is 0.298 e. The van der Waals surface area contributed by atoms with Crippen LogP contribution in [0.15, 0.2) is 11.6 Å². The minimum absolute atomic E-state index is 0.513. The first kappa shape index (κ1) is 9.50. The Hall–Kier alpha value is -0.590. The van der Waals surface area contributed by atoms with Crippen LogP contribution in [0.3, 0.4) is 0 Å². The molecule has 0 aromatic heterocycles. The first-order valence-corrected chi connectivity index (χ1v) is 4.82. The summed E-state index contributed by atoms with van der Waals surface area (Å²) >= 11 is 0. The van der Waals surface area contributed by atoms with Crippen molar-refractivity contribution in [1.82, 2.24) is 0 Å². The Labute approximate surface area is 74.9 Å². The number of rotatable bonds is 2. The summed E-state index contributed by atoms with van der Waals surface area (Å²) in [5.41, 5.74) is 1.03. The van der Waals surface area contributed by atoms with E-state index in [9.17, 15) is 4.79 Å². The van der Waals surface area contributed by atoms with Gasteiger partial charge in [-0.1, -0.05) is 26.8 Å². The van der Waals surface area contributed by atoms with E-state index < -0.39 is 0 Å². The Bertz CT molecular complexity index is 191. The number of hydrogen-bond acceptors (Lipinski definition) is 1. The Kier molecular flexibility index (Phi) is 3.07. The molecule has 1 aliphatic rings. The third-order valence-electron chi connectivity index (χ3n) is 2.78. The lowest BCUT2D eigenvalue weighted by Crippen LogP contribution is -2.18. The summed E-state index contributed by atoms with van der Waals surface area (Å²) in [7, 11) is 0. The van der Waals surface area contributed by atoms with Gasteiger partial charge in [0.2, 0.25) is 0 Å². The molecule has 1 nitrogen and oxygen atoms in total. The summed E-state index contributed by atoms with van der Waals surface area (Å²) in [4.78, 5) is 10.8. The molecule has 0 bridgehead atoms. The number of carbonyl (C=O) groups excluding carboxylic acids is 1. The maximum Gasteiger partial charge on any atom is 0.146 e. The van der Waals surface area contributed by atoms with E-state index in [-0.39, 0.29) is 0 Å².